The van der Waals surface area contributed by atoms with E-state index in [0.717, 1.165) is 5.56 Å². The molecular weight excluding hydrogens is 194 g/mol. The summed E-state index contributed by atoms with van der Waals surface area (Å²) in [5, 5.41) is 0. The Hall–Kier alpha value is -2.02. The largest absolute Gasteiger partial charge is 0.456 e. The highest BCUT2D eigenvalue weighted by Crippen LogP contribution is 1.93. The quantitative estimate of drug-likeness (QED) is 0.539. The lowest BCUT2D eigenvalue weighted by Gasteiger charge is -1.93. The maximum Gasteiger partial charge on any atom is 0.384 e. The fourth-order valence-corrected chi connectivity index (χ4v) is 0.970. The van der Waals surface area contributed by atoms with Gasteiger partial charge in [0.25, 0.3) is 5.56 Å². The van der Waals surface area contributed by atoms with Crippen molar-refractivity contribution in [2.24, 2.45) is 0 Å². The molecule has 0 atom stereocenters. The fraction of sp³-hybridized carbons (Fsp3) is 0.273. The smallest absolute Gasteiger partial charge is 0.384 e. The predicted molar refractivity (Wildman–Crippen MR) is 55.3 cm³/mol. The van der Waals surface area contributed by atoms with Crippen molar-refractivity contribution in [2.75, 3.05) is 6.61 Å². The molecule has 0 unspecified atom stereocenters. The number of hydrogen-bond acceptors (Lipinski definition) is 3. The number of aryl methyl sites for hydroxylation is 1. The number of esters is 1. The molecule has 0 aliphatic heterocycles. The van der Waals surface area contributed by atoms with Crippen molar-refractivity contribution >= 4 is 5.97 Å². The molecule has 78 valence electrons. The third kappa shape index (κ3) is 3.31. The Bertz CT molecular complexity index is 477. The van der Waals surface area contributed by atoms with E-state index in [-0.39, 0.29) is 17.7 Å². The Morgan fingerprint density at radius 2 is 2.33 bits per heavy atom. The average molecular weight is 205 g/mol. The summed E-state index contributed by atoms with van der Waals surface area (Å²) in [5.41, 5.74) is 0.836. The van der Waals surface area contributed by atoms with E-state index in [1.807, 2.05) is 6.92 Å². The molecule has 0 fully saturated rings. The van der Waals surface area contributed by atoms with Gasteiger partial charge in [-0.2, -0.15) is 0 Å². The molecule has 1 heterocycles. The van der Waals surface area contributed by atoms with Gasteiger partial charge in [0.1, 0.15) is 0 Å². The van der Waals surface area contributed by atoms with Crippen LogP contribution >= 0.6 is 0 Å². The number of H-pyrrole nitrogens is 1. The third-order valence-corrected chi connectivity index (χ3v) is 1.62. The number of rotatable bonds is 1. The molecule has 0 amide bonds. The Balaban J connectivity index is 2.93. The van der Waals surface area contributed by atoms with Gasteiger partial charge < -0.3 is 9.72 Å². The molecule has 0 bridgehead atoms. The molecule has 15 heavy (non-hydrogen) atoms. The molecule has 4 heteroatoms. The highest BCUT2D eigenvalue weighted by molar-refractivity contribution is 5.89. The van der Waals surface area contributed by atoms with E-state index in [1.54, 1.807) is 19.2 Å². The minimum Gasteiger partial charge on any atom is -0.456 e. The summed E-state index contributed by atoms with van der Waals surface area (Å²) in [4.78, 5) is 24.6. The molecule has 0 saturated heterocycles. The maximum absolute atomic E-state index is 11.2. The standard InChI is InChI=1S/C11H11NO3/c1-3-15-10(13)5-4-9-6-8(2)7-12-11(9)14/h6-7H,3H2,1-2H3,(H,12,14). The van der Waals surface area contributed by atoms with Crippen LogP contribution in [-0.2, 0) is 9.53 Å². The van der Waals surface area contributed by atoms with Crippen molar-refractivity contribution in [2.45, 2.75) is 13.8 Å². The first kappa shape index (κ1) is 11.1. The zero-order chi connectivity index (χ0) is 11.3. The summed E-state index contributed by atoms with van der Waals surface area (Å²) in [6.45, 7) is 3.79. The van der Waals surface area contributed by atoms with Gasteiger partial charge in [-0.3, -0.25) is 4.79 Å². The van der Waals surface area contributed by atoms with Crippen molar-refractivity contribution in [3.05, 3.63) is 33.7 Å². The number of pyridine rings is 1. The van der Waals surface area contributed by atoms with Crippen LogP contribution in [0.5, 0.6) is 0 Å². The third-order valence-electron chi connectivity index (χ3n) is 1.62. The second-order valence-corrected chi connectivity index (χ2v) is 2.89. The van der Waals surface area contributed by atoms with E-state index in [9.17, 15) is 9.59 Å². The van der Waals surface area contributed by atoms with Crippen molar-refractivity contribution in [1.82, 2.24) is 4.98 Å². The monoisotopic (exact) mass is 205 g/mol. The van der Waals surface area contributed by atoms with E-state index >= 15 is 0 Å². The lowest BCUT2D eigenvalue weighted by Crippen LogP contribution is -2.09. The second-order valence-electron chi connectivity index (χ2n) is 2.89. The lowest BCUT2D eigenvalue weighted by molar-refractivity contribution is -0.136. The Labute approximate surface area is 87.3 Å². The highest BCUT2D eigenvalue weighted by atomic mass is 16.5. The molecule has 1 aromatic rings. The SMILES string of the molecule is CCOC(=O)C#Cc1cc(C)c[nH]c1=O. The zero-order valence-electron chi connectivity index (χ0n) is 8.59. The molecule has 0 saturated carbocycles. The average Bonchev–Trinajstić information content (AvgIpc) is 2.20. The first-order valence-electron chi connectivity index (χ1n) is 4.51. The molecule has 4 nitrogen and oxygen atoms in total. The van der Waals surface area contributed by atoms with E-state index in [2.05, 4.69) is 21.6 Å². The van der Waals surface area contributed by atoms with Crippen molar-refractivity contribution in [3.8, 4) is 11.8 Å². The minimum atomic E-state index is -0.626. The van der Waals surface area contributed by atoms with Crippen LogP contribution in [-0.4, -0.2) is 17.6 Å². The molecule has 0 aliphatic carbocycles. The van der Waals surface area contributed by atoms with E-state index in [4.69, 9.17) is 0 Å². The molecule has 1 N–H and O–H groups in total. The first-order valence-corrected chi connectivity index (χ1v) is 4.51. The molecule has 0 aliphatic rings. The Morgan fingerprint density at radius 3 is 3.00 bits per heavy atom. The van der Waals surface area contributed by atoms with E-state index < -0.39 is 5.97 Å². The van der Waals surface area contributed by atoms with Crippen LogP contribution in [0.4, 0.5) is 0 Å². The molecule has 0 aromatic carbocycles. The van der Waals surface area contributed by atoms with Crippen LogP contribution < -0.4 is 5.56 Å². The number of hydrogen-bond donors (Lipinski definition) is 1. The van der Waals surface area contributed by atoms with Gasteiger partial charge in [-0.15, -0.1) is 0 Å². The summed E-state index contributed by atoms with van der Waals surface area (Å²) in [6.07, 6.45) is 1.58. The first-order chi connectivity index (χ1) is 7.13. The van der Waals surface area contributed by atoms with Crippen molar-refractivity contribution < 1.29 is 9.53 Å². The van der Waals surface area contributed by atoms with Gasteiger partial charge in [-0.25, -0.2) is 4.79 Å². The number of nitrogens with one attached hydrogen (secondary N) is 1. The maximum atomic E-state index is 11.2. The van der Waals surface area contributed by atoms with Gasteiger partial charge in [0.15, 0.2) is 0 Å². The molecule has 1 aromatic heterocycles. The fourth-order valence-electron chi connectivity index (χ4n) is 0.970. The summed E-state index contributed by atoms with van der Waals surface area (Å²) < 4.78 is 4.61. The van der Waals surface area contributed by atoms with Gasteiger partial charge in [-0.05, 0) is 31.4 Å². The molecule has 0 spiro atoms. The topological polar surface area (TPSA) is 59.2 Å². The number of carbonyl (C=O) groups excluding carboxylic acids is 1. The van der Waals surface area contributed by atoms with Gasteiger partial charge >= 0.3 is 5.97 Å². The lowest BCUT2D eigenvalue weighted by atomic mass is 10.2. The number of carbonyl (C=O) groups is 1. The second kappa shape index (κ2) is 5.01. The number of aromatic nitrogens is 1. The van der Waals surface area contributed by atoms with Gasteiger partial charge in [0.2, 0.25) is 0 Å². The summed E-state index contributed by atoms with van der Waals surface area (Å²) >= 11 is 0. The van der Waals surface area contributed by atoms with Gasteiger partial charge in [0, 0.05) is 12.1 Å². The predicted octanol–water partition coefficient (Wildman–Crippen LogP) is 0.598. The number of aromatic amines is 1. The Morgan fingerprint density at radius 1 is 1.60 bits per heavy atom. The van der Waals surface area contributed by atoms with Crippen LogP contribution in [0.1, 0.15) is 18.1 Å². The normalized spacial score (nSPS) is 8.93. The van der Waals surface area contributed by atoms with Crippen LogP contribution in [0.25, 0.3) is 0 Å². The highest BCUT2D eigenvalue weighted by Gasteiger charge is 1.97. The number of ether oxygens (including phenoxy) is 1. The zero-order valence-corrected chi connectivity index (χ0v) is 8.59. The van der Waals surface area contributed by atoms with Gasteiger partial charge in [-0.1, -0.05) is 0 Å². The van der Waals surface area contributed by atoms with Crippen LogP contribution in [0.15, 0.2) is 17.1 Å². The molecular formula is C11H11NO3. The Kier molecular flexibility index (Phi) is 3.69. The van der Waals surface area contributed by atoms with Crippen LogP contribution in [0.3, 0.4) is 0 Å². The van der Waals surface area contributed by atoms with Crippen LogP contribution in [0, 0.1) is 18.8 Å². The van der Waals surface area contributed by atoms with E-state index in [1.165, 1.54) is 0 Å². The summed E-state index contributed by atoms with van der Waals surface area (Å²) in [6, 6.07) is 1.62. The molecule has 1 rings (SSSR count). The summed E-state index contributed by atoms with van der Waals surface area (Å²) in [5.74, 6) is 4.08. The summed E-state index contributed by atoms with van der Waals surface area (Å²) in [7, 11) is 0. The van der Waals surface area contributed by atoms with E-state index in [0.29, 0.717) is 0 Å². The molecule has 0 radical (unpaired) electrons. The van der Waals surface area contributed by atoms with Crippen LogP contribution in [0.2, 0.25) is 0 Å². The van der Waals surface area contributed by atoms with Crippen molar-refractivity contribution in [1.29, 1.82) is 0 Å². The van der Waals surface area contributed by atoms with Crippen molar-refractivity contribution in [3.63, 3.8) is 0 Å². The van der Waals surface area contributed by atoms with Gasteiger partial charge in [0.05, 0.1) is 12.2 Å². The minimum absolute atomic E-state index is 0.267.